The predicted molar refractivity (Wildman–Crippen MR) is 87.6 cm³/mol. The van der Waals surface area contributed by atoms with Crippen molar-refractivity contribution in [3.63, 3.8) is 0 Å². The van der Waals surface area contributed by atoms with Crippen LogP contribution < -0.4 is 5.32 Å². The molecule has 1 aliphatic carbocycles. The van der Waals surface area contributed by atoms with E-state index < -0.39 is 0 Å². The summed E-state index contributed by atoms with van der Waals surface area (Å²) in [6.07, 6.45) is 12.3. The largest absolute Gasteiger partial charge is 0.375 e. The fourth-order valence-electron chi connectivity index (χ4n) is 4.07. The summed E-state index contributed by atoms with van der Waals surface area (Å²) in [6, 6.07) is 0.472. The first kappa shape index (κ1) is 15.4. The molecule has 21 heavy (non-hydrogen) atoms. The fraction of sp³-hybridized carbons (Fsp3) is 0.824. The van der Waals surface area contributed by atoms with Gasteiger partial charge in [-0.3, -0.25) is 4.98 Å². The quantitative estimate of drug-likeness (QED) is 0.880. The van der Waals surface area contributed by atoms with Crippen molar-refractivity contribution in [2.45, 2.75) is 69.9 Å². The Balaban J connectivity index is 1.72. The van der Waals surface area contributed by atoms with E-state index in [9.17, 15) is 0 Å². The van der Waals surface area contributed by atoms with Crippen LogP contribution in [0.2, 0.25) is 0 Å². The lowest BCUT2D eigenvalue weighted by Crippen LogP contribution is -2.44. The molecule has 1 aromatic rings. The Hall–Kier alpha value is -0.450. The molecule has 1 saturated heterocycles. The zero-order valence-corrected chi connectivity index (χ0v) is 14.0. The van der Waals surface area contributed by atoms with E-state index in [1.165, 1.54) is 56.2 Å². The van der Waals surface area contributed by atoms with Crippen molar-refractivity contribution in [2.24, 2.45) is 5.92 Å². The van der Waals surface area contributed by atoms with Gasteiger partial charge in [-0.05, 0) is 44.6 Å². The zero-order valence-electron chi connectivity index (χ0n) is 13.1. The van der Waals surface area contributed by atoms with Crippen LogP contribution in [-0.2, 0) is 4.74 Å². The van der Waals surface area contributed by atoms with Crippen molar-refractivity contribution >= 4 is 11.3 Å². The molecular weight excluding hydrogens is 280 g/mol. The summed E-state index contributed by atoms with van der Waals surface area (Å²) >= 11 is 1.80. The van der Waals surface area contributed by atoms with Crippen LogP contribution in [0.4, 0.5) is 0 Å². The molecule has 2 heterocycles. The monoisotopic (exact) mass is 308 g/mol. The van der Waals surface area contributed by atoms with Crippen LogP contribution in [0.15, 0.2) is 11.7 Å². The van der Waals surface area contributed by atoms with Gasteiger partial charge in [0.15, 0.2) is 0 Å². The van der Waals surface area contributed by atoms with E-state index in [0.29, 0.717) is 12.0 Å². The van der Waals surface area contributed by atoms with Crippen LogP contribution in [0.1, 0.15) is 69.2 Å². The Bertz CT molecular complexity index is 409. The van der Waals surface area contributed by atoms with Crippen molar-refractivity contribution in [3.05, 3.63) is 16.6 Å². The first-order valence-electron chi connectivity index (χ1n) is 8.59. The Kier molecular flexibility index (Phi) is 5.30. The lowest BCUT2D eigenvalue weighted by Gasteiger charge is -2.45. The standard InChI is InChI=1S/C17H28N2OS/c1-2-9-19-16(15-12-18-13-21-15)14-6-10-20-17(11-14)7-4-3-5-8-17/h12-14,16,19H,2-11H2,1H3. The molecule has 1 aliphatic heterocycles. The predicted octanol–water partition coefficient (Wildman–Crippen LogP) is 4.31. The van der Waals surface area contributed by atoms with Gasteiger partial charge < -0.3 is 10.1 Å². The normalized spacial score (nSPS) is 26.8. The van der Waals surface area contributed by atoms with E-state index in [4.69, 9.17) is 4.74 Å². The number of thiazole rings is 1. The van der Waals surface area contributed by atoms with Crippen LogP contribution in [0.3, 0.4) is 0 Å². The van der Waals surface area contributed by atoms with E-state index >= 15 is 0 Å². The smallest absolute Gasteiger partial charge is 0.0794 e. The molecule has 0 aromatic carbocycles. The molecule has 1 N–H and O–H groups in total. The highest BCUT2D eigenvalue weighted by Gasteiger charge is 2.41. The molecule has 0 radical (unpaired) electrons. The lowest BCUT2D eigenvalue weighted by molar-refractivity contribution is -0.122. The maximum absolute atomic E-state index is 6.27. The third-order valence-electron chi connectivity index (χ3n) is 5.14. The molecule has 3 nitrogen and oxygen atoms in total. The summed E-state index contributed by atoms with van der Waals surface area (Å²) < 4.78 is 6.27. The van der Waals surface area contributed by atoms with Gasteiger partial charge in [-0.15, -0.1) is 11.3 Å². The molecule has 0 amide bonds. The second kappa shape index (κ2) is 7.21. The van der Waals surface area contributed by atoms with Gasteiger partial charge in [0.05, 0.1) is 11.1 Å². The SMILES string of the molecule is CCCNC(c1cncs1)C1CCOC2(CCCCC2)C1. The van der Waals surface area contributed by atoms with Gasteiger partial charge in [0.25, 0.3) is 0 Å². The van der Waals surface area contributed by atoms with E-state index in [2.05, 4.69) is 23.4 Å². The average molecular weight is 308 g/mol. The summed E-state index contributed by atoms with van der Waals surface area (Å²) in [6.45, 7) is 4.27. The molecule has 1 saturated carbocycles. The second-order valence-electron chi connectivity index (χ2n) is 6.68. The highest BCUT2D eigenvalue weighted by molar-refractivity contribution is 7.09. The molecule has 1 aromatic heterocycles. The van der Waals surface area contributed by atoms with Crippen molar-refractivity contribution in [1.29, 1.82) is 0 Å². The van der Waals surface area contributed by atoms with Crippen LogP contribution in [0, 0.1) is 5.92 Å². The van der Waals surface area contributed by atoms with Crippen LogP contribution >= 0.6 is 11.3 Å². The lowest BCUT2D eigenvalue weighted by atomic mass is 9.74. The molecule has 118 valence electrons. The minimum atomic E-state index is 0.192. The number of rotatable bonds is 5. The van der Waals surface area contributed by atoms with Crippen molar-refractivity contribution in [2.75, 3.05) is 13.2 Å². The molecule has 3 rings (SSSR count). The number of hydrogen-bond acceptors (Lipinski definition) is 4. The van der Waals surface area contributed by atoms with Crippen LogP contribution in [-0.4, -0.2) is 23.7 Å². The number of ether oxygens (including phenoxy) is 1. The zero-order chi connectivity index (χ0) is 14.5. The van der Waals surface area contributed by atoms with E-state index in [-0.39, 0.29) is 5.60 Å². The molecule has 4 heteroatoms. The van der Waals surface area contributed by atoms with Gasteiger partial charge in [0.2, 0.25) is 0 Å². The average Bonchev–Trinajstić information content (AvgIpc) is 3.03. The molecule has 2 aliphatic rings. The van der Waals surface area contributed by atoms with Crippen molar-refractivity contribution in [1.82, 2.24) is 10.3 Å². The number of hydrogen-bond donors (Lipinski definition) is 1. The van der Waals surface area contributed by atoms with Gasteiger partial charge in [-0.25, -0.2) is 0 Å². The summed E-state index contributed by atoms with van der Waals surface area (Å²) in [5.74, 6) is 0.698. The summed E-state index contributed by atoms with van der Waals surface area (Å²) in [7, 11) is 0. The minimum Gasteiger partial charge on any atom is -0.375 e. The Morgan fingerprint density at radius 3 is 3.00 bits per heavy atom. The van der Waals surface area contributed by atoms with Gasteiger partial charge >= 0.3 is 0 Å². The van der Waals surface area contributed by atoms with Crippen molar-refractivity contribution in [3.8, 4) is 0 Å². The van der Waals surface area contributed by atoms with E-state index in [0.717, 1.165) is 13.2 Å². The Morgan fingerprint density at radius 2 is 2.29 bits per heavy atom. The summed E-state index contributed by atoms with van der Waals surface area (Å²) in [4.78, 5) is 5.70. The molecule has 1 spiro atoms. The third kappa shape index (κ3) is 3.66. The molecule has 2 fully saturated rings. The first-order valence-corrected chi connectivity index (χ1v) is 9.47. The van der Waals surface area contributed by atoms with Crippen molar-refractivity contribution < 1.29 is 4.74 Å². The van der Waals surface area contributed by atoms with Crippen LogP contribution in [0.5, 0.6) is 0 Å². The fourth-order valence-corrected chi connectivity index (χ4v) is 4.86. The summed E-state index contributed by atoms with van der Waals surface area (Å²) in [5.41, 5.74) is 2.16. The summed E-state index contributed by atoms with van der Waals surface area (Å²) in [5, 5.41) is 3.78. The Labute approximate surface area is 132 Å². The molecule has 2 atom stereocenters. The van der Waals surface area contributed by atoms with Gasteiger partial charge in [0, 0.05) is 23.7 Å². The van der Waals surface area contributed by atoms with Gasteiger partial charge in [0.1, 0.15) is 0 Å². The molecular formula is C17H28N2OS. The second-order valence-corrected chi connectivity index (χ2v) is 7.60. The molecule has 0 bridgehead atoms. The number of aromatic nitrogens is 1. The number of nitrogens with zero attached hydrogens (tertiary/aromatic N) is 1. The highest BCUT2D eigenvalue weighted by Crippen LogP contribution is 2.44. The Morgan fingerprint density at radius 1 is 1.43 bits per heavy atom. The highest BCUT2D eigenvalue weighted by atomic mass is 32.1. The third-order valence-corrected chi connectivity index (χ3v) is 6.00. The van der Waals surface area contributed by atoms with E-state index in [1.807, 2.05) is 5.51 Å². The molecule has 2 unspecified atom stereocenters. The number of nitrogens with one attached hydrogen (secondary N) is 1. The van der Waals surface area contributed by atoms with Gasteiger partial charge in [-0.1, -0.05) is 26.2 Å². The first-order chi connectivity index (χ1) is 10.3. The van der Waals surface area contributed by atoms with E-state index in [1.54, 1.807) is 11.3 Å². The minimum absolute atomic E-state index is 0.192. The maximum Gasteiger partial charge on any atom is 0.0794 e. The van der Waals surface area contributed by atoms with Gasteiger partial charge in [-0.2, -0.15) is 0 Å². The van der Waals surface area contributed by atoms with Crippen LogP contribution in [0.25, 0.3) is 0 Å². The topological polar surface area (TPSA) is 34.2 Å². The maximum atomic E-state index is 6.27.